The monoisotopic (exact) mass is 285 g/mol. The third-order valence-corrected chi connectivity index (χ3v) is 2.76. The molecule has 1 aromatic carbocycles. The van der Waals surface area contributed by atoms with Gasteiger partial charge in [0.15, 0.2) is 0 Å². The molecule has 0 spiro atoms. The van der Waals surface area contributed by atoms with Gasteiger partial charge in [-0.1, -0.05) is 25.4 Å². The van der Waals surface area contributed by atoms with Gasteiger partial charge in [-0.2, -0.15) is 0 Å². The number of benzene rings is 1. The molecule has 1 rings (SSSR count). The average molecular weight is 286 g/mol. The van der Waals surface area contributed by atoms with Crippen LogP contribution in [0.2, 0.25) is 5.02 Å². The lowest BCUT2D eigenvalue weighted by Gasteiger charge is -2.23. The predicted molar refractivity (Wildman–Crippen MR) is 66.4 cm³/mol. The summed E-state index contributed by atoms with van der Waals surface area (Å²) in [5.41, 5.74) is 5.25. The van der Waals surface area contributed by atoms with Crippen LogP contribution in [-0.2, 0) is 0 Å². The minimum Gasteiger partial charge on any atom is -0.391 e. The smallest absolute Gasteiger partial charge is 0.149 e. The van der Waals surface area contributed by atoms with Crippen LogP contribution in [0.5, 0.6) is 0 Å². The third-order valence-electron chi connectivity index (χ3n) is 2.46. The van der Waals surface area contributed by atoms with Gasteiger partial charge >= 0.3 is 0 Å². The normalized spacial score (nSPS) is 14.4. The lowest BCUT2D eigenvalue weighted by Crippen LogP contribution is -2.32. The summed E-state index contributed by atoms with van der Waals surface area (Å²) in [5, 5.41) is 9.48. The Balaban J connectivity index is 0.00000256. The van der Waals surface area contributed by atoms with E-state index in [4.69, 9.17) is 17.3 Å². The van der Waals surface area contributed by atoms with Gasteiger partial charge in [-0.05, 0) is 18.1 Å². The second-order valence-electron chi connectivity index (χ2n) is 4.02. The van der Waals surface area contributed by atoms with E-state index >= 15 is 0 Å². The Hall–Kier alpha value is -0.420. The summed E-state index contributed by atoms with van der Waals surface area (Å²) in [7, 11) is 0. The number of aliphatic hydroxyl groups is 1. The summed E-state index contributed by atoms with van der Waals surface area (Å²) in [6.07, 6.45) is -1.03. The van der Waals surface area contributed by atoms with Gasteiger partial charge in [0, 0.05) is 5.56 Å². The average Bonchev–Trinajstić information content (AvgIpc) is 2.22. The van der Waals surface area contributed by atoms with Crippen molar-refractivity contribution in [3.05, 3.63) is 34.4 Å². The van der Waals surface area contributed by atoms with Crippen LogP contribution in [-0.4, -0.2) is 11.2 Å². The van der Waals surface area contributed by atoms with Gasteiger partial charge in [0.2, 0.25) is 0 Å². The standard InChI is InChI=1S/C11H14ClF2NO.ClH/c1-5(2)11(16)10(15)8-7(13)4-3-6(12)9(8)14;/h3-5,10-11,16H,15H2,1-2H3;1H/t10-,11+;/m0./s1. The molecule has 0 aliphatic heterocycles. The summed E-state index contributed by atoms with van der Waals surface area (Å²) in [6.45, 7) is 3.43. The Labute approximate surface area is 110 Å². The van der Waals surface area contributed by atoms with Crippen LogP contribution in [0.4, 0.5) is 8.78 Å². The van der Waals surface area contributed by atoms with E-state index in [0.717, 1.165) is 12.1 Å². The zero-order valence-electron chi connectivity index (χ0n) is 9.45. The zero-order chi connectivity index (χ0) is 12.5. The minimum absolute atomic E-state index is 0. The second-order valence-corrected chi connectivity index (χ2v) is 4.42. The Kier molecular flexibility index (Phi) is 6.34. The van der Waals surface area contributed by atoms with Crippen molar-refractivity contribution in [1.82, 2.24) is 0 Å². The van der Waals surface area contributed by atoms with Crippen molar-refractivity contribution in [2.24, 2.45) is 11.7 Å². The Morgan fingerprint density at radius 2 is 1.82 bits per heavy atom. The molecule has 2 atom stereocenters. The largest absolute Gasteiger partial charge is 0.391 e. The Morgan fingerprint density at radius 1 is 1.29 bits per heavy atom. The second kappa shape index (κ2) is 6.50. The molecule has 3 N–H and O–H groups in total. The topological polar surface area (TPSA) is 46.2 Å². The number of hydrogen-bond donors (Lipinski definition) is 2. The van der Waals surface area contributed by atoms with Crippen LogP contribution in [0.25, 0.3) is 0 Å². The molecule has 98 valence electrons. The number of rotatable bonds is 3. The van der Waals surface area contributed by atoms with E-state index in [1.54, 1.807) is 13.8 Å². The summed E-state index contributed by atoms with van der Waals surface area (Å²) in [6, 6.07) is 1.02. The Bertz CT molecular complexity index is 388. The molecule has 6 heteroatoms. The molecular weight excluding hydrogens is 271 g/mol. The maximum Gasteiger partial charge on any atom is 0.149 e. The summed E-state index contributed by atoms with van der Waals surface area (Å²) >= 11 is 5.54. The van der Waals surface area contributed by atoms with Crippen molar-refractivity contribution < 1.29 is 13.9 Å². The molecule has 2 nitrogen and oxygen atoms in total. The summed E-state index contributed by atoms with van der Waals surface area (Å²) in [5.74, 6) is -1.91. The molecule has 0 radical (unpaired) electrons. The number of aliphatic hydroxyl groups excluding tert-OH is 1. The molecule has 0 aromatic heterocycles. The maximum atomic E-state index is 13.6. The van der Waals surface area contributed by atoms with Crippen LogP contribution in [0.15, 0.2) is 12.1 Å². The van der Waals surface area contributed by atoms with Gasteiger partial charge in [0.1, 0.15) is 11.6 Å². The van der Waals surface area contributed by atoms with Gasteiger partial charge in [0.05, 0.1) is 17.2 Å². The zero-order valence-corrected chi connectivity index (χ0v) is 11.0. The highest BCUT2D eigenvalue weighted by Gasteiger charge is 2.26. The molecule has 0 aliphatic carbocycles. The molecule has 0 unspecified atom stereocenters. The minimum atomic E-state index is -1.13. The predicted octanol–water partition coefficient (Wildman–Crippen LogP) is 3.06. The van der Waals surface area contributed by atoms with Gasteiger partial charge < -0.3 is 10.8 Å². The van der Waals surface area contributed by atoms with E-state index in [1.807, 2.05) is 0 Å². The fourth-order valence-corrected chi connectivity index (χ4v) is 1.60. The van der Waals surface area contributed by atoms with E-state index < -0.39 is 23.8 Å². The number of nitrogens with two attached hydrogens (primary N) is 1. The van der Waals surface area contributed by atoms with Gasteiger partial charge in [-0.15, -0.1) is 12.4 Å². The molecule has 1 aromatic rings. The fourth-order valence-electron chi connectivity index (χ4n) is 1.43. The molecule has 0 saturated heterocycles. The van der Waals surface area contributed by atoms with Gasteiger partial charge in [0.25, 0.3) is 0 Å². The lowest BCUT2D eigenvalue weighted by atomic mass is 9.94. The SMILES string of the molecule is CC(C)[C@@H](O)[C@@H](N)c1c(F)ccc(Cl)c1F.Cl. The first-order valence-electron chi connectivity index (χ1n) is 4.93. The molecule has 0 fully saturated rings. The molecule has 0 saturated carbocycles. The molecule has 0 amide bonds. The van der Waals surface area contributed by atoms with Gasteiger partial charge in [-0.25, -0.2) is 8.78 Å². The summed E-state index contributed by atoms with van der Waals surface area (Å²) < 4.78 is 27.0. The van der Waals surface area contributed by atoms with Crippen LogP contribution in [0.3, 0.4) is 0 Å². The van der Waals surface area contributed by atoms with Crippen molar-refractivity contribution in [2.75, 3.05) is 0 Å². The first kappa shape index (κ1) is 16.6. The van der Waals surface area contributed by atoms with Crippen molar-refractivity contribution in [1.29, 1.82) is 0 Å². The highest BCUT2D eigenvalue weighted by molar-refractivity contribution is 6.30. The van der Waals surface area contributed by atoms with E-state index in [1.165, 1.54) is 0 Å². The molecular formula is C11H15Cl2F2NO. The highest BCUT2D eigenvalue weighted by atomic mass is 35.5. The first-order valence-corrected chi connectivity index (χ1v) is 5.31. The van der Waals surface area contributed by atoms with Crippen LogP contribution in [0, 0.1) is 17.6 Å². The quantitative estimate of drug-likeness (QED) is 0.839. The molecule has 0 aliphatic rings. The van der Waals surface area contributed by atoms with Crippen molar-refractivity contribution in [2.45, 2.75) is 26.0 Å². The summed E-state index contributed by atoms with van der Waals surface area (Å²) in [4.78, 5) is 0. The van der Waals surface area contributed by atoms with Crippen LogP contribution < -0.4 is 5.73 Å². The maximum absolute atomic E-state index is 13.6. The van der Waals surface area contributed by atoms with E-state index in [2.05, 4.69) is 0 Å². The van der Waals surface area contributed by atoms with Crippen LogP contribution in [0.1, 0.15) is 25.5 Å². The molecule has 17 heavy (non-hydrogen) atoms. The highest BCUT2D eigenvalue weighted by Crippen LogP contribution is 2.28. The fraction of sp³-hybridized carbons (Fsp3) is 0.455. The van der Waals surface area contributed by atoms with E-state index in [9.17, 15) is 13.9 Å². The van der Waals surface area contributed by atoms with Crippen molar-refractivity contribution >= 4 is 24.0 Å². The molecule has 0 bridgehead atoms. The Morgan fingerprint density at radius 3 is 2.29 bits per heavy atom. The van der Waals surface area contributed by atoms with E-state index in [0.29, 0.717) is 0 Å². The van der Waals surface area contributed by atoms with Crippen molar-refractivity contribution in [3.8, 4) is 0 Å². The number of halogens is 4. The van der Waals surface area contributed by atoms with Crippen LogP contribution >= 0.6 is 24.0 Å². The third kappa shape index (κ3) is 3.52. The first-order chi connectivity index (χ1) is 7.36. The van der Waals surface area contributed by atoms with Gasteiger partial charge in [-0.3, -0.25) is 0 Å². The van der Waals surface area contributed by atoms with E-state index in [-0.39, 0.29) is 28.9 Å². The number of hydrogen-bond acceptors (Lipinski definition) is 2. The molecule has 0 heterocycles. The van der Waals surface area contributed by atoms with Crippen molar-refractivity contribution in [3.63, 3.8) is 0 Å². The lowest BCUT2D eigenvalue weighted by molar-refractivity contribution is 0.0952.